The summed E-state index contributed by atoms with van der Waals surface area (Å²) in [7, 11) is 0. The van der Waals surface area contributed by atoms with Crippen molar-refractivity contribution >= 4 is 5.91 Å². The van der Waals surface area contributed by atoms with Crippen molar-refractivity contribution in [3.05, 3.63) is 100 Å². The summed E-state index contributed by atoms with van der Waals surface area (Å²) in [6.07, 6.45) is 3.03. The van der Waals surface area contributed by atoms with E-state index < -0.39 is 0 Å². The molecular formula is C21H21N3O2. The second-order valence-electron chi connectivity index (χ2n) is 6.12. The number of benzene rings is 2. The predicted octanol–water partition coefficient (Wildman–Crippen LogP) is 2.50. The van der Waals surface area contributed by atoms with Gasteiger partial charge in [0.2, 0.25) is 5.91 Å². The van der Waals surface area contributed by atoms with E-state index in [0.717, 1.165) is 11.1 Å². The highest BCUT2D eigenvalue weighted by atomic mass is 16.2. The fraction of sp³-hybridized carbons (Fsp3) is 0.190. The smallest absolute Gasteiger partial charge is 0.256 e. The normalized spacial score (nSPS) is 10.7. The molecule has 1 amide bonds. The maximum absolute atomic E-state index is 12.9. The molecule has 132 valence electrons. The third-order valence-electron chi connectivity index (χ3n) is 4.25. The average Bonchev–Trinajstić information content (AvgIpc) is 2.67. The molecule has 0 radical (unpaired) electrons. The van der Waals surface area contributed by atoms with Gasteiger partial charge in [-0.05, 0) is 18.1 Å². The van der Waals surface area contributed by atoms with Crippen LogP contribution in [0.15, 0.2) is 78.0 Å². The van der Waals surface area contributed by atoms with Gasteiger partial charge in [-0.15, -0.1) is 0 Å². The zero-order valence-electron chi connectivity index (χ0n) is 14.6. The number of nitrogens with one attached hydrogen (secondary N) is 1. The number of hydrogen-bond donors (Lipinski definition) is 1. The van der Waals surface area contributed by atoms with Crippen molar-refractivity contribution in [3.63, 3.8) is 0 Å². The molecule has 5 heteroatoms. The van der Waals surface area contributed by atoms with Crippen LogP contribution in [0.3, 0.4) is 0 Å². The maximum Gasteiger partial charge on any atom is 0.256 e. The van der Waals surface area contributed by atoms with Crippen LogP contribution in [0.5, 0.6) is 0 Å². The Kier molecular flexibility index (Phi) is 5.59. The van der Waals surface area contributed by atoms with E-state index in [2.05, 4.69) is 10.3 Å². The van der Waals surface area contributed by atoms with Crippen molar-refractivity contribution in [1.29, 1.82) is 0 Å². The number of aromatic nitrogens is 2. The highest BCUT2D eigenvalue weighted by Crippen LogP contribution is 2.24. The van der Waals surface area contributed by atoms with Gasteiger partial charge in [-0.2, -0.15) is 0 Å². The lowest BCUT2D eigenvalue weighted by Gasteiger charge is -2.18. The zero-order chi connectivity index (χ0) is 18.4. The van der Waals surface area contributed by atoms with Gasteiger partial charge in [0, 0.05) is 24.8 Å². The minimum atomic E-state index is -0.384. The Hall–Kier alpha value is -3.21. The van der Waals surface area contributed by atoms with Gasteiger partial charge in [-0.25, -0.2) is 4.98 Å². The molecule has 2 aromatic carbocycles. The summed E-state index contributed by atoms with van der Waals surface area (Å²) in [6.45, 7) is 2.47. The van der Waals surface area contributed by atoms with Gasteiger partial charge in [0.1, 0.15) is 0 Å². The Morgan fingerprint density at radius 2 is 1.62 bits per heavy atom. The number of hydrogen-bond acceptors (Lipinski definition) is 3. The molecule has 0 aliphatic carbocycles. The van der Waals surface area contributed by atoms with E-state index in [0.29, 0.717) is 18.7 Å². The number of carbonyl (C=O) groups is 1. The molecule has 0 aliphatic rings. The summed E-state index contributed by atoms with van der Waals surface area (Å²) < 4.78 is 1.51. The van der Waals surface area contributed by atoms with Crippen LogP contribution < -0.4 is 10.9 Å². The van der Waals surface area contributed by atoms with Gasteiger partial charge in [-0.1, -0.05) is 60.7 Å². The molecule has 3 aromatic rings. The minimum Gasteiger partial charge on any atom is -0.353 e. The molecule has 0 bridgehead atoms. The Labute approximate surface area is 152 Å². The molecule has 3 rings (SSSR count). The van der Waals surface area contributed by atoms with Crippen molar-refractivity contribution < 1.29 is 4.79 Å². The van der Waals surface area contributed by atoms with Gasteiger partial charge in [0.25, 0.3) is 5.56 Å². The monoisotopic (exact) mass is 347 g/mol. The van der Waals surface area contributed by atoms with Crippen LogP contribution in [0.1, 0.15) is 22.6 Å². The Bertz CT molecular complexity index is 881. The summed E-state index contributed by atoms with van der Waals surface area (Å²) in [4.78, 5) is 28.9. The van der Waals surface area contributed by atoms with Gasteiger partial charge in [-0.3, -0.25) is 14.2 Å². The Morgan fingerprint density at radius 3 is 2.19 bits per heavy atom. The summed E-state index contributed by atoms with van der Waals surface area (Å²) in [5.74, 6) is -0.471. The fourth-order valence-corrected chi connectivity index (χ4v) is 2.91. The first-order valence-electron chi connectivity index (χ1n) is 8.55. The summed E-state index contributed by atoms with van der Waals surface area (Å²) >= 11 is 0. The van der Waals surface area contributed by atoms with E-state index in [4.69, 9.17) is 0 Å². The average molecular weight is 347 g/mol. The summed E-state index contributed by atoms with van der Waals surface area (Å²) in [6, 6.07) is 19.4. The molecule has 5 nitrogen and oxygen atoms in total. The number of aryl methyl sites for hydroxylation is 1. The van der Waals surface area contributed by atoms with Gasteiger partial charge in [0.15, 0.2) is 0 Å². The molecule has 0 spiro atoms. The quantitative estimate of drug-likeness (QED) is 0.745. The molecule has 0 atom stereocenters. The molecule has 26 heavy (non-hydrogen) atoms. The first kappa shape index (κ1) is 17.6. The van der Waals surface area contributed by atoms with Crippen LogP contribution in [-0.4, -0.2) is 22.0 Å². The number of amides is 1. The molecular weight excluding hydrogens is 326 g/mol. The van der Waals surface area contributed by atoms with Crippen LogP contribution in [0, 0.1) is 6.92 Å². The largest absolute Gasteiger partial charge is 0.353 e. The van der Waals surface area contributed by atoms with Crippen molar-refractivity contribution in [2.24, 2.45) is 0 Å². The van der Waals surface area contributed by atoms with Crippen LogP contribution in [-0.2, 0) is 11.3 Å². The van der Waals surface area contributed by atoms with Gasteiger partial charge < -0.3 is 5.32 Å². The van der Waals surface area contributed by atoms with Crippen molar-refractivity contribution in [1.82, 2.24) is 14.9 Å². The van der Waals surface area contributed by atoms with E-state index in [1.165, 1.54) is 17.1 Å². The highest BCUT2D eigenvalue weighted by Gasteiger charge is 2.22. The molecule has 0 saturated carbocycles. The molecule has 1 heterocycles. The molecule has 0 aliphatic heterocycles. The van der Waals surface area contributed by atoms with E-state index >= 15 is 0 Å². The summed E-state index contributed by atoms with van der Waals surface area (Å²) in [5, 5.41) is 2.95. The lowest BCUT2D eigenvalue weighted by atomic mass is 9.90. The van der Waals surface area contributed by atoms with E-state index in [1.54, 1.807) is 6.92 Å². The standard InChI is InChI=1S/C21H21N3O2/c1-16-14-22-15-24(21(16)26)13-12-23-20(25)19(17-8-4-2-5-9-17)18-10-6-3-7-11-18/h2-11,14-15,19H,12-13H2,1H3,(H,23,25). The predicted molar refractivity (Wildman–Crippen MR) is 101 cm³/mol. The van der Waals surface area contributed by atoms with Crippen molar-refractivity contribution in [2.75, 3.05) is 6.54 Å². The number of nitrogens with zero attached hydrogens (tertiary/aromatic N) is 2. The van der Waals surface area contributed by atoms with Crippen molar-refractivity contribution in [3.8, 4) is 0 Å². The van der Waals surface area contributed by atoms with Crippen molar-refractivity contribution in [2.45, 2.75) is 19.4 Å². The van der Waals surface area contributed by atoms with Crippen LogP contribution in [0.25, 0.3) is 0 Å². The van der Waals surface area contributed by atoms with E-state index in [9.17, 15) is 9.59 Å². The lowest BCUT2D eigenvalue weighted by Crippen LogP contribution is -2.34. The summed E-state index contributed by atoms with van der Waals surface area (Å²) in [5.41, 5.74) is 2.37. The van der Waals surface area contributed by atoms with Crippen LogP contribution >= 0.6 is 0 Å². The second kappa shape index (κ2) is 8.25. The molecule has 0 fully saturated rings. The fourth-order valence-electron chi connectivity index (χ4n) is 2.91. The first-order chi connectivity index (χ1) is 12.7. The minimum absolute atomic E-state index is 0.0862. The van der Waals surface area contributed by atoms with Gasteiger partial charge >= 0.3 is 0 Å². The first-order valence-corrected chi connectivity index (χ1v) is 8.55. The van der Waals surface area contributed by atoms with E-state index in [1.807, 2.05) is 60.7 Å². The lowest BCUT2D eigenvalue weighted by molar-refractivity contribution is -0.121. The third-order valence-corrected chi connectivity index (χ3v) is 4.25. The SMILES string of the molecule is Cc1cncn(CCNC(=O)C(c2ccccc2)c2ccccc2)c1=O. The Balaban J connectivity index is 1.74. The van der Waals surface area contributed by atoms with Gasteiger partial charge in [0.05, 0.1) is 12.2 Å². The second-order valence-corrected chi connectivity index (χ2v) is 6.12. The third kappa shape index (κ3) is 4.06. The zero-order valence-corrected chi connectivity index (χ0v) is 14.6. The number of rotatable bonds is 6. The van der Waals surface area contributed by atoms with E-state index in [-0.39, 0.29) is 17.4 Å². The molecule has 0 unspecified atom stereocenters. The molecule has 1 N–H and O–H groups in total. The molecule has 1 aromatic heterocycles. The number of carbonyl (C=O) groups excluding carboxylic acids is 1. The topological polar surface area (TPSA) is 64.0 Å². The Morgan fingerprint density at radius 1 is 1.04 bits per heavy atom. The maximum atomic E-state index is 12.9. The highest BCUT2D eigenvalue weighted by molar-refractivity contribution is 5.87. The van der Waals surface area contributed by atoms with Crippen LogP contribution in [0.4, 0.5) is 0 Å². The molecule has 0 saturated heterocycles. The van der Waals surface area contributed by atoms with Crippen LogP contribution in [0.2, 0.25) is 0 Å².